The van der Waals surface area contributed by atoms with Gasteiger partial charge >= 0.3 is 0 Å². The Bertz CT molecular complexity index is 178. The second-order valence-electron chi connectivity index (χ2n) is 6.79. The number of hydrogen-bond acceptors (Lipinski definition) is 1. The van der Waals surface area contributed by atoms with E-state index in [1.165, 1.54) is 58.2 Å². The Kier molecular flexibility index (Phi) is 7.18. The summed E-state index contributed by atoms with van der Waals surface area (Å²) < 4.78 is 0. The summed E-state index contributed by atoms with van der Waals surface area (Å²) in [4.78, 5) is 2.69. The number of rotatable bonds is 7. The summed E-state index contributed by atoms with van der Waals surface area (Å²) in [6, 6.07) is 0. The molecule has 0 atom stereocenters. The summed E-state index contributed by atoms with van der Waals surface area (Å²) in [6.45, 7) is 13.4. The van der Waals surface area contributed by atoms with Crippen molar-refractivity contribution in [3.8, 4) is 0 Å². The minimum absolute atomic E-state index is 0.874. The minimum atomic E-state index is 0.874. The number of nitrogens with zero attached hydrogens (tertiary/aromatic N) is 1. The highest BCUT2D eigenvalue weighted by molar-refractivity contribution is 4.72. The van der Waals surface area contributed by atoms with E-state index in [1.807, 2.05) is 0 Å². The van der Waals surface area contributed by atoms with Gasteiger partial charge in [-0.05, 0) is 63.1 Å². The van der Waals surface area contributed by atoms with Crippen LogP contribution in [0.15, 0.2) is 0 Å². The lowest BCUT2D eigenvalue weighted by Crippen LogP contribution is -2.34. The first-order valence-electron chi connectivity index (χ1n) is 7.80. The molecule has 0 aromatic heterocycles. The highest BCUT2D eigenvalue weighted by atomic mass is 15.1. The average molecular weight is 239 g/mol. The molecule has 0 radical (unpaired) electrons. The van der Waals surface area contributed by atoms with E-state index in [0.717, 1.165) is 17.8 Å². The first-order valence-corrected chi connectivity index (χ1v) is 7.80. The molecule has 1 heteroatoms. The van der Waals surface area contributed by atoms with E-state index in [0.29, 0.717) is 0 Å². The van der Waals surface area contributed by atoms with Crippen LogP contribution in [0.25, 0.3) is 0 Å². The van der Waals surface area contributed by atoms with E-state index in [4.69, 9.17) is 0 Å². The maximum Gasteiger partial charge on any atom is -0.00161 e. The van der Waals surface area contributed by atoms with Gasteiger partial charge in [-0.3, -0.25) is 0 Å². The molecule has 102 valence electrons. The topological polar surface area (TPSA) is 3.24 Å². The fourth-order valence-corrected chi connectivity index (χ4v) is 2.79. The second kappa shape index (κ2) is 8.13. The van der Waals surface area contributed by atoms with Crippen LogP contribution in [0.2, 0.25) is 0 Å². The van der Waals surface area contributed by atoms with Gasteiger partial charge in [0.2, 0.25) is 0 Å². The van der Waals surface area contributed by atoms with Gasteiger partial charge in [-0.25, -0.2) is 0 Å². The van der Waals surface area contributed by atoms with E-state index >= 15 is 0 Å². The molecule has 1 nitrogen and oxygen atoms in total. The Morgan fingerprint density at radius 3 is 2.06 bits per heavy atom. The van der Waals surface area contributed by atoms with Crippen molar-refractivity contribution in [3.05, 3.63) is 0 Å². The SMILES string of the molecule is CC(C)CCCN1CCC(CCC(C)C)CC1. The molecule has 0 aliphatic carbocycles. The molecule has 0 amide bonds. The van der Waals surface area contributed by atoms with E-state index in [9.17, 15) is 0 Å². The predicted octanol–water partition coefficient (Wildman–Crippen LogP) is 4.57. The van der Waals surface area contributed by atoms with Crippen molar-refractivity contribution in [1.82, 2.24) is 4.90 Å². The van der Waals surface area contributed by atoms with E-state index in [-0.39, 0.29) is 0 Å². The van der Waals surface area contributed by atoms with Crippen molar-refractivity contribution in [1.29, 1.82) is 0 Å². The monoisotopic (exact) mass is 239 g/mol. The molecular formula is C16H33N. The van der Waals surface area contributed by atoms with Gasteiger partial charge in [-0.1, -0.05) is 40.5 Å². The van der Waals surface area contributed by atoms with Crippen molar-refractivity contribution in [2.75, 3.05) is 19.6 Å². The third-order valence-corrected chi connectivity index (χ3v) is 4.12. The zero-order chi connectivity index (χ0) is 12.7. The number of piperidine rings is 1. The highest BCUT2D eigenvalue weighted by Crippen LogP contribution is 2.24. The van der Waals surface area contributed by atoms with Crippen LogP contribution in [0.3, 0.4) is 0 Å². The van der Waals surface area contributed by atoms with Crippen molar-refractivity contribution < 1.29 is 0 Å². The van der Waals surface area contributed by atoms with Gasteiger partial charge in [-0.15, -0.1) is 0 Å². The van der Waals surface area contributed by atoms with Crippen molar-refractivity contribution in [3.63, 3.8) is 0 Å². The molecule has 1 heterocycles. The standard InChI is InChI=1S/C16H33N/c1-14(2)6-5-11-17-12-9-16(10-13-17)8-7-15(3)4/h14-16H,5-13H2,1-4H3. The lowest BCUT2D eigenvalue weighted by atomic mass is 9.89. The van der Waals surface area contributed by atoms with Crippen LogP contribution in [0.5, 0.6) is 0 Å². The molecule has 1 aliphatic rings. The summed E-state index contributed by atoms with van der Waals surface area (Å²) >= 11 is 0. The molecule has 1 rings (SSSR count). The maximum absolute atomic E-state index is 2.69. The maximum atomic E-state index is 2.69. The van der Waals surface area contributed by atoms with Crippen molar-refractivity contribution in [2.45, 2.75) is 66.2 Å². The Morgan fingerprint density at radius 2 is 1.53 bits per heavy atom. The van der Waals surface area contributed by atoms with Gasteiger partial charge in [0.1, 0.15) is 0 Å². The third kappa shape index (κ3) is 7.08. The molecule has 0 bridgehead atoms. The molecule has 1 fully saturated rings. The van der Waals surface area contributed by atoms with Crippen LogP contribution < -0.4 is 0 Å². The predicted molar refractivity (Wildman–Crippen MR) is 77.3 cm³/mol. The second-order valence-corrected chi connectivity index (χ2v) is 6.79. The Morgan fingerprint density at radius 1 is 0.941 bits per heavy atom. The Balaban J connectivity index is 2.05. The first-order chi connectivity index (χ1) is 8.08. The van der Waals surface area contributed by atoms with Gasteiger partial charge in [0.05, 0.1) is 0 Å². The first kappa shape index (κ1) is 15.0. The summed E-state index contributed by atoms with van der Waals surface area (Å²) in [7, 11) is 0. The van der Waals surface area contributed by atoms with E-state index in [1.54, 1.807) is 0 Å². The molecule has 0 aromatic carbocycles. The number of hydrogen-bond donors (Lipinski definition) is 0. The fourth-order valence-electron chi connectivity index (χ4n) is 2.79. The Labute approximate surface area is 109 Å². The third-order valence-electron chi connectivity index (χ3n) is 4.12. The molecule has 17 heavy (non-hydrogen) atoms. The number of likely N-dealkylation sites (tertiary alicyclic amines) is 1. The zero-order valence-electron chi connectivity index (χ0n) is 12.5. The highest BCUT2D eigenvalue weighted by Gasteiger charge is 2.18. The normalized spacial score (nSPS) is 19.4. The molecule has 0 N–H and O–H groups in total. The largest absolute Gasteiger partial charge is 0.303 e. The molecule has 0 spiro atoms. The van der Waals surface area contributed by atoms with Crippen LogP contribution in [0, 0.1) is 17.8 Å². The molecule has 0 saturated carbocycles. The van der Waals surface area contributed by atoms with Crippen molar-refractivity contribution in [2.24, 2.45) is 17.8 Å². The smallest absolute Gasteiger partial charge is 0.00161 e. The quantitative estimate of drug-likeness (QED) is 0.629. The lowest BCUT2D eigenvalue weighted by molar-refractivity contribution is 0.171. The summed E-state index contributed by atoms with van der Waals surface area (Å²) in [5.41, 5.74) is 0. The molecular weight excluding hydrogens is 206 g/mol. The lowest BCUT2D eigenvalue weighted by Gasteiger charge is -2.32. The van der Waals surface area contributed by atoms with E-state index < -0.39 is 0 Å². The van der Waals surface area contributed by atoms with Gasteiger partial charge in [0, 0.05) is 0 Å². The molecule has 0 aromatic rings. The van der Waals surface area contributed by atoms with Crippen LogP contribution in [-0.2, 0) is 0 Å². The summed E-state index contributed by atoms with van der Waals surface area (Å²) in [5, 5.41) is 0. The van der Waals surface area contributed by atoms with Crippen LogP contribution >= 0.6 is 0 Å². The Hall–Kier alpha value is -0.0400. The van der Waals surface area contributed by atoms with Crippen LogP contribution in [0.4, 0.5) is 0 Å². The van der Waals surface area contributed by atoms with Crippen LogP contribution in [-0.4, -0.2) is 24.5 Å². The average Bonchev–Trinajstić information content (AvgIpc) is 2.27. The van der Waals surface area contributed by atoms with Crippen molar-refractivity contribution >= 4 is 0 Å². The zero-order valence-corrected chi connectivity index (χ0v) is 12.5. The molecule has 1 saturated heterocycles. The molecule has 0 unspecified atom stereocenters. The van der Waals surface area contributed by atoms with Gasteiger partial charge in [0.15, 0.2) is 0 Å². The van der Waals surface area contributed by atoms with Gasteiger partial charge in [0.25, 0.3) is 0 Å². The van der Waals surface area contributed by atoms with Gasteiger partial charge in [-0.2, -0.15) is 0 Å². The summed E-state index contributed by atoms with van der Waals surface area (Å²) in [5.74, 6) is 2.79. The van der Waals surface area contributed by atoms with E-state index in [2.05, 4.69) is 32.6 Å². The van der Waals surface area contributed by atoms with Gasteiger partial charge < -0.3 is 4.90 Å². The summed E-state index contributed by atoms with van der Waals surface area (Å²) in [6.07, 6.45) is 8.60. The fraction of sp³-hybridized carbons (Fsp3) is 1.00. The van der Waals surface area contributed by atoms with Crippen LogP contribution in [0.1, 0.15) is 66.2 Å². The molecule has 1 aliphatic heterocycles. The minimum Gasteiger partial charge on any atom is -0.303 e.